The van der Waals surface area contributed by atoms with Gasteiger partial charge in [-0.25, -0.2) is 13.1 Å². The third kappa shape index (κ3) is 3.18. The molecule has 7 heteroatoms. The quantitative estimate of drug-likeness (QED) is 0.563. The SMILES string of the molecule is CCc1ccsc1CNS(=O)(=O)c1ccccc1NN. The second kappa shape index (κ2) is 6.36. The zero-order chi connectivity index (χ0) is 14.6. The van der Waals surface area contributed by atoms with Crippen molar-refractivity contribution < 1.29 is 8.42 Å². The second-order valence-corrected chi connectivity index (χ2v) is 6.92. The number of benzene rings is 1. The fraction of sp³-hybridized carbons (Fsp3) is 0.231. The average molecular weight is 311 g/mol. The van der Waals surface area contributed by atoms with Gasteiger partial charge in [0.1, 0.15) is 4.90 Å². The summed E-state index contributed by atoms with van der Waals surface area (Å²) in [6, 6.07) is 8.55. The van der Waals surface area contributed by atoms with E-state index in [1.165, 1.54) is 11.6 Å². The van der Waals surface area contributed by atoms with E-state index in [9.17, 15) is 8.42 Å². The third-order valence-electron chi connectivity index (χ3n) is 2.97. The van der Waals surface area contributed by atoms with Crippen molar-refractivity contribution in [3.8, 4) is 0 Å². The van der Waals surface area contributed by atoms with E-state index in [4.69, 9.17) is 5.84 Å². The fourth-order valence-corrected chi connectivity index (χ4v) is 4.07. The van der Waals surface area contributed by atoms with Crippen LogP contribution in [0.3, 0.4) is 0 Å². The zero-order valence-corrected chi connectivity index (χ0v) is 12.7. The summed E-state index contributed by atoms with van der Waals surface area (Å²) in [6.45, 7) is 2.34. The summed E-state index contributed by atoms with van der Waals surface area (Å²) in [5, 5.41) is 1.97. The molecule has 0 saturated heterocycles. The predicted octanol–water partition coefficient (Wildman–Crippen LogP) is 2.07. The molecule has 2 aromatic rings. The largest absolute Gasteiger partial charge is 0.323 e. The van der Waals surface area contributed by atoms with Crippen molar-refractivity contribution in [3.63, 3.8) is 0 Å². The number of nitrogens with one attached hydrogen (secondary N) is 2. The van der Waals surface area contributed by atoms with Crippen molar-refractivity contribution in [1.82, 2.24) is 4.72 Å². The Kier molecular flexibility index (Phi) is 4.77. The highest BCUT2D eigenvalue weighted by Gasteiger charge is 2.18. The van der Waals surface area contributed by atoms with E-state index in [1.807, 2.05) is 18.4 Å². The molecule has 0 aliphatic carbocycles. The summed E-state index contributed by atoms with van der Waals surface area (Å²) < 4.78 is 27.2. The van der Waals surface area contributed by atoms with Crippen molar-refractivity contribution in [2.75, 3.05) is 5.43 Å². The van der Waals surface area contributed by atoms with Gasteiger partial charge in [0.15, 0.2) is 0 Å². The summed E-state index contributed by atoms with van der Waals surface area (Å²) in [5.41, 5.74) is 3.95. The van der Waals surface area contributed by atoms with Gasteiger partial charge in [-0.15, -0.1) is 11.3 Å². The van der Waals surface area contributed by atoms with Crippen LogP contribution in [0.15, 0.2) is 40.6 Å². The first-order chi connectivity index (χ1) is 9.58. The molecule has 1 heterocycles. The Morgan fingerprint density at radius 3 is 2.70 bits per heavy atom. The number of rotatable bonds is 6. The van der Waals surface area contributed by atoms with Gasteiger partial charge in [-0.1, -0.05) is 19.1 Å². The molecule has 0 amide bonds. The van der Waals surface area contributed by atoms with Crippen LogP contribution in [0.2, 0.25) is 0 Å². The van der Waals surface area contributed by atoms with Crippen LogP contribution in [0.25, 0.3) is 0 Å². The molecule has 0 radical (unpaired) electrons. The van der Waals surface area contributed by atoms with E-state index in [-0.39, 0.29) is 4.90 Å². The minimum Gasteiger partial charge on any atom is -0.323 e. The first-order valence-corrected chi connectivity index (χ1v) is 8.55. The smallest absolute Gasteiger partial charge is 0.243 e. The maximum atomic E-state index is 12.3. The minimum atomic E-state index is -3.59. The van der Waals surface area contributed by atoms with Crippen molar-refractivity contribution >= 4 is 27.0 Å². The highest BCUT2D eigenvalue weighted by molar-refractivity contribution is 7.89. The lowest BCUT2D eigenvalue weighted by Gasteiger charge is -2.10. The first-order valence-electron chi connectivity index (χ1n) is 6.19. The Labute approximate surface area is 122 Å². The van der Waals surface area contributed by atoms with E-state index < -0.39 is 10.0 Å². The number of nitrogens with two attached hydrogens (primary N) is 1. The molecule has 0 spiro atoms. The molecule has 5 nitrogen and oxygen atoms in total. The highest BCUT2D eigenvalue weighted by Crippen LogP contribution is 2.21. The molecule has 0 fully saturated rings. The van der Waals surface area contributed by atoms with Gasteiger partial charge < -0.3 is 5.43 Å². The van der Waals surface area contributed by atoms with Crippen LogP contribution in [0.1, 0.15) is 17.4 Å². The summed E-state index contributed by atoms with van der Waals surface area (Å²) in [7, 11) is -3.59. The van der Waals surface area contributed by atoms with Gasteiger partial charge in [-0.2, -0.15) is 0 Å². The van der Waals surface area contributed by atoms with Gasteiger partial charge in [0.25, 0.3) is 0 Å². The summed E-state index contributed by atoms with van der Waals surface area (Å²) >= 11 is 1.55. The molecule has 0 atom stereocenters. The molecule has 0 aliphatic rings. The van der Waals surface area contributed by atoms with Crippen molar-refractivity contribution in [2.24, 2.45) is 5.84 Å². The number of para-hydroxylation sites is 1. The van der Waals surface area contributed by atoms with Crippen LogP contribution in [-0.2, 0) is 23.0 Å². The van der Waals surface area contributed by atoms with Gasteiger partial charge in [0, 0.05) is 11.4 Å². The first kappa shape index (κ1) is 15.0. The van der Waals surface area contributed by atoms with Gasteiger partial charge in [-0.3, -0.25) is 5.84 Å². The lowest BCUT2D eigenvalue weighted by atomic mass is 10.2. The Hall–Kier alpha value is -1.41. The van der Waals surface area contributed by atoms with Gasteiger partial charge in [-0.05, 0) is 35.6 Å². The number of sulfonamides is 1. The number of nitrogen functional groups attached to an aromatic ring is 1. The van der Waals surface area contributed by atoms with Crippen LogP contribution in [0, 0.1) is 0 Å². The molecule has 0 saturated carbocycles. The third-order valence-corrected chi connectivity index (χ3v) is 5.40. The number of hydrogen-bond acceptors (Lipinski definition) is 5. The highest BCUT2D eigenvalue weighted by atomic mass is 32.2. The zero-order valence-electron chi connectivity index (χ0n) is 11.1. The summed E-state index contributed by atoms with van der Waals surface area (Å²) in [4.78, 5) is 1.19. The molecule has 2 rings (SSSR count). The number of hydrazine groups is 1. The number of hydrogen-bond donors (Lipinski definition) is 3. The van der Waals surface area contributed by atoms with Crippen molar-refractivity contribution in [2.45, 2.75) is 24.8 Å². The molecule has 4 N–H and O–H groups in total. The fourth-order valence-electron chi connectivity index (χ4n) is 1.90. The van der Waals surface area contributed by atoms with E-state index in [0.717, 1.165) is 11.3 Å². The van der Waals surface area contributed by atoms with Crippen molar-refractivity contribution in [3.05, 3.63) is 46.2 Å². The molecular weight excluding hydrogens is 294 g/mol. The molecule has 20 heavy (non-hydrogen) atoms. The number of thiophene rings is 1. The monoisotopic (exact) mass is 311 g/mol. The second-order valence-electron chi connectivity index (χ2n) is 4.19. The van der Waals surface area contributed by atoms with Crippen LogP contribution in [-0.4, -0.2) is 8.42 Å². The standard InChI is InChI=1S/C13H17N3O2S2/c1-2-10-7-8-19-12(10)9-15-20(17,18)13-6-4-3-5-11(13)16-14/h3-8,15-16H,2,9,14H2,1H3. The van der Waals surface area contributed by atoms with E-state index in [0.29, 0.717) is 12.2 Å². The van der Waals surface area contributed by atoms with Crippen LogP contribution in [0.4, 0.5) is 5.69 Å². The van der Waals surface area contributed by atoms with E-state index >= 15 is 0 Å². The lowest BCUT2D eigenvalue weighted by Crippen LogP contribution is -2.25. The topological polar surface area (TPSA) is 84.2 Å². The number of anilines is 1. The molecule has 1 aromatic carbocycles. The lowest BCUT2D eigenvalue weighted by molar-refractivity contribution is 0.582. The van der Waals surface area contributed by atoms with E-state index in [2.05, 4.69) is 10.1 Å². The van der Waals surface area contributed by atoms with Gasteiger partial charge in [0.2, 0.25) is 10.0 Å². The average Bonchev–Trinajstić information content (AvgIpc) is 2.92. The molecule has 0 unspecified atom stereocenters. The molecule has 108 valence electrons. The van der Waals surface area contributed by atoms with Crippen LogP contribution >= 0.6 is 11.3 Å². The van der Waals surface area contributed by atoms with E-state index in [1.54, 1.807) is 29.5 Å². The normalized spacial score (nSPS) is 11.5. The maximum absolute atomic E-state index is 12.3. The number of aryl methyl sites for hydroxylation is 1. The summed E-state index contributed by atoms with van der Waals surface area (Å²) in [6.07, 6.45) is 0.890. The predicted molar refractivity (Wildman–Crippen MR) is 82.0 cm³/mol. The summed E-state index contributed by atoms with van der Waals surface area (Å²) in [5.74, 6) is 5.34. The Morgan fingerprint density at radius 1 is 1.25 bits per heavy atom. The van der Waals surface area contributed by atoms with Gasteiger partial charge in [0.05, 0.1) is 5.69 Å². The van der Waals surface area contributed by atoms with Crippen LogP contribution in [0.5, 0.6) is 0 Å². The molecule has 1 aromatic heterocycles. The Bertz CT molecular complexity index is 680. The van der Waals surface area contributed by atoms with Crippen LogP contribution < -0.4 is 16.0 Å². The minimum absolute atomic E-state index is 0.150. The Balaban J connectivity index is 2.19. The maximum Gasteiger partial charge on any atom is 0.243 e. The molecule has 0 bridgehead atoms. The van der Waals surface area contributed by atoms with Gasteiger partial charge >= 0.3 is 0 Å². The molecule has 0 aliphatic heterocycles. The Morgan fingerprint density at radius 2 is 2.00 bits per heavy atom. The van der Waals surface area contributed by atoms with Crippen molar-refractivity contribution in [1.29, 1.82) is 0 Å². The molecular formula is C13H17N3O2S2.